The molecule has 4 nitrogen and oxygen atoms in total. The summed E-state index contributed by atoms with van der Waals surface area (Å²) in [6, 6.07) is 0. The lowest BCUT2D eigenvalue weighted by Gasteiger charge is -2.26. The molecule has 1 fully saturated rings. The Morgan fingerprint density at radius 1 is 1.78 bits per heavy atom. The smallest absolute Gasteiger partial charge is 0.114 e. The lowest BCUT2D eigenvalue weighted by molar-refractivity contribution is 0.236. The van der Waals surface area contributed by atoms with E-state index in [0.717, 1.165) is 19.6 Å². The van der Waals surface area contributed by atoms with Crippen LogP contribution < -0.4 is 5.32 Å². The third-order valence-electron chi connectivity index (χ3n) is 1.26. The fraction of sp³-hybridized carbons (Fsp3) is 1.00. The zero-order chi connectivity index (χ0) is 6.69. The molecule has 1 aliphatic heterocycles. The van der Waals surface area contributed by atoms with Gasteiger partial charge < -0.3 is 5.32 Å². The van der Waals surface area contributed by atoms with Gasteiger partial charge in [0, 0.05) is 13.1 Å². The monoisotopic (exact) mass is 241 g/mol. The minimum Gasteiger partial charge on any atom is -0.312 e. The molecule has 0 spiro atoms. The minimum atomic E-state index is 0.230. The molecular weight excluding hydrogens is 233 g/mol. The number of nitrogens with one attached hydrogen (secondary N) is 1. The van der Waals surface area contributed by atoms with E-state index < -0.39 is 0 Å². The van der Waals surface area contributed by atoms with E-state index in [0.29, 0.717) is 0 Å². The first-order valence-electron chi connectivity index (χ1n) is 2.79. The van der Waals surface area contributed by atoms with E-state index in [1.165, 1.54) is 0 Å². The Labute approximate surface area is 67.1 Å². The fourth-order valence-electron chi connectivity index (χ4n) is 0.752. The molecule has 1 rings (SSSR count). The summed E-state index contributed by atoms with van der Waals surface area (Å²) in [7, 11) is 0. The molecule has 0 aliphatic carbocycles. The molecule has 1 saturated heterocycles. The third kappa shape index (κ3) is 1.75. The van der Waals surface area contributed by atoms with Crippen molar-refractivity contribution < 1.29 is 0 Å². The molecule has 0 saturated carbocycles. The lowest BCUT2D eigenvalue weighted by atomic mass is 10.4. The highest BCUT2D eigenvalue weighted by Gasteiger charge is 2.17. The Hall–Kier alpha value is 0.0900. The number of nitroso groups, excluding NO2 is 1. The van der Waals surface area contributed by atoms with E-state index >= 15 is 0 Å². The maximum atomic E-state index is 10.0. The Kier molecular flexibility index (Phi) is 2.65. The standard InChI is InChI=1S/C4H8IN3O/c5-4-3-6-1-2-8(4)7-9/h4,6H,1-3H2. The SMILES string of the molecule is O=NN1CCNCC1I. The summed E-state index contributed by atoms with van der Waals surface area (Å²) in [6.45, 7) is 2.45. The largest absolute Gasteiger partial charge is 0.312 e. The zero-order valence-corrected chi connectivity index (χ0v) is 7.04. The summed E-state index contributed by atoms with van der Waals surface area (Å²) in [5, 5.41) is 7.57. The van der Waals surface area contributed by atoms with Crippen LogP contribution in [-0.2, 0) is 0 Å². The predicted octanol–water partition coefficient (Wildman–Crippen LogP) is 0.334. The molecule has 0 aromatic rings. The normalized spacial score (nSPS) is 28.1. The van der Waals surface area contributed by atoms with E-state index in [1.54, 1.807) is 5.01 Å². The van der Waals surface area contributed by atoms with Crippen molar-refractivity contribution in [1.82, 2.24) is 10.3 Å². The van der Waals surface area contributed by atoms with Crippen molar-refractivity contribution in [3.05, 3.63) is 4.91 Å². The highest BCUT2D eigenvalue weighted by atomic mass is 127. The van der Waals surface area contributed by atoms with Crippen LogP contribution in [-0.4, -0.2) is 28.7 Å². The van der Waals surface area contributed by atoms with Crippen LogP contribution in [0.25, 0.3) is 0 Å². The molecule has 1 aliphatic rings. The lowest BCUT2D eigenvalue weighted by Crippen LogP contribution is -2.45. The summed E-state index contributed by atoms with van der Waals surface area (Å²) < 4.78 is 0.230. The van der Waals surface area contributed by atoms with Crippen LogP contribution in [0, 0.1) is 4.91 Å². The van der Waals surface area contributed by atoms with Gasteiger partial charge in [0.15, 0.2) is 0 Å². The van der Waals surface area contributed by atoms with Crippen LogP contribution in [0.2, 0.25) is 0 Å². The molecule has 0 aromatic heterocycles. The number of hydrogen-bond acceptors (Lipinski definition) is 3. The number of rotatable bonds is 1. The molecule has 0 bridgehead atoms. The molecular formula is C4H8IN3O. The summed E-state index contributed by atoms with van der Waals surface area (Å²) >= 11 is 2.19. The van der Waals surface area contributed by atoms with Crippen molar-refractivity contribution in [3.8, 4) is 0 Å². The van der Waals surface area contributed by atoms with E-state index in [9.17, 15) is 4.91 Å². The number of alkyl halides is 1. The summed E-state index contributed by atoms with van der Waals surface area (Å²) in [5.74, 6) is 0. The molecule has 0 aromatic carbocycles. The summed E-state index contributed by atoms with van der Waals surface area (Å²) in [4.78, 5) is 10.0. The van der Waals surface area contributed by atoms with Gasteiger partial charge in [-0.15, -0.1) is 4.91 Å². The molecule has 1 N–H and O–H groups in total. The van der Waals surface area contributed by atoms with Gasteiger partial charge in [0.2, 0.25) is 0 Å². The van der Waals surface area contributed by atoms with Gasteiger partial charge in [-0.1, -0.05) is 22.6 Å². The Bertz CT molecular complexity index is 110. The highest BCUT2D eigenvalue weighted by Crippen LogP contribution is 2.09. The van der Waals surface area contributed by atoms with Crippen molar-refractivity contribution >= 4 is 22.6 Å². The summed E-state index contributed by atoms with van der Waals surface area (Å²) in [5.41, 5.74) is 0. The van der Waals surface area contributed by atoms with E-state index in [-0.39, 0.29) is 4.05 Å². The molecule has 0 amide bonds. The minimum absolute atomic E-state index is 0.230. The number of hydrogen-bond donors (Lipinski definition) is 1. The van der Waals surface area contributed by atoms with Gasteiger partial charge in [0.05, 0.1) is 11.8 Å². The number of nitrogens with zero attached hydrogens (tertiary/aromatic N) is 2. The quantitative estimate of drug-likeness (QED) is 0.311. The maximum Gasteiger partial charge on any atom is 0.114 e. The average molecular weight is 241 g/mol. The molecule has 1 atom stereocenters. The predicted molar refractivity (Wildman–Crippen MR) is 43.2 cm³/mol. The van der Waals surface area contributed by atoms with Crippen LogP contribution in [0.4, 0.5) is 0 Å². The van der Waals surface area contributed by atoms with Crippen molar-refractivity contribution in [2.75, 3.05) is 19.6 Å². The van der Waals surface area contributed by atoms with Crippen molar-refractivity contribution in [2.24, 2.45) is 5.29 Å². The Morgan fingerprint density at radius 2 is 2.56 bits per heavy atom. The van der Waals surface area contributed by atoms with Gasteiger partial charge in [-0.2, -0.15) is 0 Å². The first-order valence-corrected chi connectivity index (χ1v) is 4.04. The van der Waals surface area contributed by atoms with Crippen molar-refractivity contribution in [1.29, 1.82) is 0 Å². The van der Waals surface area contributed by atoms with Crippen molar-refractivity contribution in [3.63, 3.8) is 0 Å². The Morgan fingerprint density at radius 3 is 3.00 bits per heavy atom. The van der Waals surface area contributed by atoms with Gasteiger partial charge >= 0.3 is 0 Å². The molecule has 1 heterocycles. The molecule has 52 valence electrons. The molecule has 9 heavy (non-hydrogen) atoms. The van der Waals surface area contributed by atoms with E-state index in [1.807, 2.05) is 0 Å². The highest BCUT2D eigenvalue weighted by molar-refractivity contribution is 14.1. The van der Waals surface area contributed by atoms with Crippen LogP contribution in [0.15, 0.2) is 5.29 Å². The number of halogens is 1. The second-order valence-corrected chi connectivity index (χ2v) is 3.32. The molecule has 0 radical (unpaired) electrons. The molecule has 5 heteroatoms. The van der Waals surface area contributed by atoms with Crippen molar-refractivity contribution in [2.45, 2.75) is 4.05 Å². The van der Waals surface area contributed by atoms with Gasteiger partial charge in [-0.05, 0) is 0 Å². The Balaban J connectivity index is 2.38. The number of piperazine rings is 1. The third-order valence-corrected chi connectivity index (χ3v) is 2.34. The fourth-order valence-corrected chi connectivity index (χ4v) is 1.44. The first kappa shape index (κ1) is 7.20. The summed E-state index contributed by atoms with van der Waals surface area (Å²) in [6.07, 6.45) is 0. The van der Waals surface area contributed by atoms with Gasteiger partial charge in [-0.3, -0.25) is 0 Å². The van der Waals surface area contributed by atoms with Crippen LogP contribution in [0.3, 0.4) is 0 Å². The van der Waals surface area contributed by atoms with E-state index in [4.69, 9.17) is 0 Å². The zero-order valence-electron chi connectivity index (χ0n) is 4.88. The maximum absolute atomic E-state index is 10.0. The first-order chi connectivity index (χ1) is 4.34. The van der Waals surface area contributed by atoms with Crippen LogP contribution in [0.5, 0.6) is 0 Å². The molecule has 1 unspecified atom stereocenters. The van der Waals surface area contributed by atoms with Crippen LogP contribution in [0.1, 0.15) is 0 Å². The van der Waals surface area contributed by atoms with Gasteiger partial charge in [0.1, 0.15) is 4.05 Å². The van der Waals surface area contributed by atoms with Crippen LogP contribution >= 0.6 is 22.6 Å². The second-order valence-electron chi connectivity index (χ2n) is 1.88. The topological polar surface area (TPSA) is 44.7 Å². The second kappa shape index (κ2) is 3.31. The van der Waals surface area contributed by atoms with Gasteiger partial charge in [-0.25, -0.2) is 5.01 Å². The van der Waals surface area contributed by atoms with E-state index in [2.05, 4.69) is 33.2 Å². The van der Waals surface area contributed by atoms with Gasteiger partial charge in [0.25, 0.3) is 0 Å². The average Bonchev–Trinajstić information content (AvgIpc) is 1.89.